The molecule has 0 aliphatic carbocycles. The Hall–Kier alpha value is -1.35. The maximum absolute atomic E-state index is 12.4. The van der Waals surface area contributed by atoms with Gasteiger partial charge < -0.3 is 4.90 Å². The molecule has 0 bridgehead atoms. The summed E-state index contributed by atoms with van der Waals surface area (Å²) < 4.78 is 0. The smallest absolute Gasteiger partial charge is 0.223 e. The predicted molar refractivity (Wildman–Crippen MR) is 91.8 cm³/mol. The highest BCUT2D eigenvalue weighted by Crippen LogP contribution is 2.21. The molecule has 122 valence electrons. The second-order valence-corrected chi connectivity index (χ2v) is 7.70. The highest BCUT2D eigenvalue weighted by molar-refractivity contribution is 5.77. The van der Waals surface area contributed by atoms with E-state index in [-0.39, 0.29) is 5.41 Å². The number of benzene rings is 1. The maximum atomic E-state index is 12.4. The van der Waals surface area contributed by atoms with Crippen molar-refractivity contribution in [3.63, 3.8) is 0 Å². The van der Waals surface area contributed by atoms with Crippen LogP contribution in [0.1, 0.15) is 39.7 Å². The minimum atomic E-state index is 0.0742. The molecular weight excluding hydrogens is 272 g/mol. The van der Waals surface area contributed by atoms with E-state index in [1.165, 1.54) is 5.56 Å². The van der Waals surface area contributed by atoms with Crippen LogP contribution in [0.5, 0.6) is 0 Å². The Morgan fingerprint density at radius 2 is 1.86 bits per heavy atom. The molecule has 1 aromatic rings. The van der Waals surface area contributed by atoms with Crippen molar-refractivity contribution >= 4 is 5.91 Å². The first-order chi connectivity index (χ1) is 10.3. The van der Waals surface area contributed by atoms with Crippen LogP contribution in [0.4, 0.5) is 0 Å². The summed E-state index contributed by atoms with van der Waals surface area (Å²) in [5.41, 5.74) is 1.46. The normalized spacial score (nSPS) is 20.2. The SMILES string of the molecule is CC1CN(C(=O)CC(C)(C)C)CCN1CCc1ccccc1. The lowest BCUT2D eigenvalue weighted by molar-refractivity contribution is -0.136. The molecule has 0 radical (unpaired) electrons. The first kappa shape index (κ1) is 17.0. The number of carbonyl (C=O) groups excluding carboxylic acids is 1. The van der Waals surface area contributed by atoms with Crippen molar-refractivity contribution in [2.45, 2.75) is 46.6 Å². The van der Waals surface area contributed by atoms with Gasteiger partial charge in [0.05, 0.1) is 0 Å². The Morgan fingerprint density at radius 1 is 1.18 bits per heavy atom. The highest BCUT2D eigenvalue weighted by Gasteiger charge is 2.28. The second kappa shape index (κ2) is 7.28. The lowest BCUT2D eigenvalue weighted by Crippen LogP contribution is -2.54. The Kier molecular flexibility index (Phi) is 5.63. The van der Waals surface area contributed by atoms with Crippen LogP contribution in [0.3, 0.4) is 0 Å². The molecule has 1 heterocycles. The summed E-state index contributed by atoms with van der Waals surface area (Å²) in [7, 11) is 0. The average molecular weight is 302 g/mol. The van der Waals surface area contributed by atoms with Crippen molar-refractivity contribution in [2.24, 2.45) is 5.41 Å². The van der Waals surface area contributed by atoms with Crippen LogP contribution in [0.15, 0.2) is 30.3 Å². The van der Waals surface area contributed by atoms with Crippen LogP contribution in [-0.2, 0) is 11.2 Å². The fourth-order valence-electron chi connectivity index (χ4n) is 3.04. The number of carbonyl (C=O) groups is 1. The lowest BCUT2D eigenvalue weighted by Gasteiger charge is -2.40. The molecule has 1 unspecified atom stereocenters. The van der Waals surface area contributed by atoms with Gasteiger partial charge in [-0.15, -0.1) is 0 Å². The predicted octanol–water partition coefficient (Wildman–Crippen LogP) is 3.20. The molecule has 2 rings (SSSR count). The van der Waals surface area contributed by atoms with Crippen molar-refractivity contribution in [1.82, 2.24) is 9.80 Å². The van der Waals surface area contributed by atoms with Crippen molar-refractivity contribution in [3.8, 4) is 0 Å². The molecule has 22 heavy (non-hydrogen) atoms. The summed E-state index contributed by atoms with van der Waals surface area (Å²) in [5.74, 6) is 0.307. The zero-order valence-electron chi connectivity index (χ0n) is 14.5. The molecule has 1 aromatic carbocycles. The van der Waals surface area contributed by atoms with Crippen LogP contribution in [-0.4, -0.2) is 47.9 Å². The Morgan fingerprint density at radius 3 is 2.45 bits per heavy atom. The van der Waals surface area contributed by atoms with Crippen LogP contribution in [0.2, 0.25) is 0 Å². The molecule has 1 aliphatic heterocycles. The van der Waals surface area contributed by atoms with Crippen LogP contribution in [0.25, 0.3) is 0 Å². The zero-order chi connectivity index (χ0) is 16.2. The largest absolute Gasteiger partial charge is 0.340 e. The molecule has 1 fully saturated rings. The van der Waals surface area contributed by atoms with Gasteiger partial charge in [-0.05, 0) is 24.3 Å². The van der Waals surface area contributed by atoms with Crippen molar-refractivity contribution < 1.29 is 4.79 Å². The van der Waals surface area contributed by atoms with E-state index < -0.39 is 0 Å². The first-order valence-corrected chi connectivity index (χ1v) is 8.41. The molecule has 1 aliphatic rings. The molecule has 3 heteroatoms. The number of amides is 1. The van der Waals surface area contributed by atoms with Crippen molar-refractivity contribution in [2.75, 3.05) is 26.2 Å². The molecule has 0 N–H and O–H groups in total. The Labute approximate surface area is 135 Å². The minimum absolute atomic E-state index is 0.0742. The van der Waals surface area contributed by atoms with Gasteiger partial charge in [-0.2, -0.15) is 0 Å². The van der Waals surface area contributed by atoms with Gasteiger partial charge in [0, 0.05) is 38.6 Å². The van der Waals surface area contributed by atoms with Crippen molar-refractivity contribution in [3.05, 3.63) is 35.9 Å². The van der Waals surface area contributed by atoms with E-state index in [9.17, 15) is 4.79 Å². The number of hydrogen-bond donors (Lipinski definition) is 0. The molecule has 0 spiro atoms. The lowest BCUT2D eigenvalue weighted by atomic mass is 9.91. The van der Waals surface area contributed by atoms with Gasteiger partial charge in [-0.1, -0.05) is 51.1 Å². The van der Waals surface area contributed by atoms with E-state index in [0.717, 1.165) is 32.6 Å². The van der Waals surface area contributed by atoms with Gasteiger partial charge in [0.25, 0.3) is 0 Å². The van der Waals surface area contributed by atoms with E-state index in [1.807, 2.05) is 0 Å². The van der Waals surface area contributed by atoms with E-state index in [1.54, 1.807) is 0 Å². The third-order valence-corrected chi connectivity index (χ3v) is 4.33. The number of nitrogens with zero attached hydrogens (tertiary/aromatic N) is 2. The van der Waals surface area contributed by atoms with E-state index >= 15 is 0 Å². The first-order valence-electron chi connectivity index (χ1n) is 8.41. The minimum Gasteiger partial charge on any atom is -0.340 e. The second-order valence-electron chi connectivity index (χ2n) is 7.70. The summed E-state index contributed by atoms with van der Waals surface area (Å²) >= 11 is 0. The van der Waals surface area contributed by atoms with Gasteiger partial charge in [-0.25, -0.2) is 0 Å². The fraction of sp³-hybridized carbons (Fsp3) is 0.632. The topological polar surface area (TPSA) is 23.6 Å². The number of hydrogen-bond acceptors (Lipinski definition) is 2. The van der Waals surface area contributed by atoms with E-state index in [4.69, 9.17) is 0 Å². The van der Waals surface area contributed by atoms with Gasteiger partial charge in [0.15, 0.2) is 0 Å². The monoisotopic (exact) mass is 302 g/mol. The maximum Gasteiger partial charge on any atom is 0.223 e. The van der Waals surface area contributed by atoms with E-state index in [2.05, 4.69) is 67.8 Å². The number of rotatable bonds is 4. The Bertz CT molecular complexity index is 478. The van der Waals surface area contributed by atoms with E-state index in [0.29, 0.717) is 18.4 Å². The van der Waals surface area contributed by atoms with Crippen LogP contribution in [0, 0.1) is 5.41 Å². The molecule has 1 atom stereocenters. The summed E-state index contributed by atoms with van der Waals surface area (Å²) in [6.45, 7) is 12.4. The molecule has 1 amide bonds. The standard InChI is InChI=1S/C19H30N2O/c1-16-15-21(18(22)14-19(2,3)4)13-12-20(16)11-10-17-8-6-5-7-9-17/h5-9,16H,10-15H2,1-4H3. The fourth-order valence-corrected chi connectivity index (χ4v) is 3.04. The van der Waals surface area contributed by atoms with Gasteiger partial charge in [-0.3, -0.25) is 9.69 Å². The third-order valence-electron chi connectivity index (χ3n) is 4.33. The zero-order valence-corrected chi connectivity index (χ0v) is 14.5. The van der Waals surface area contributed by atoms with Crippen molar-refractivity contribution in [1.29, 1.82) is 0 Å². The average Bonchev–Trinajstić information content (AvgIpc) is 2.45. The molecule has 1 saturated heterocycles. The summed E-state index contributed by atoms with van der Waals surface area (Å²) in [4.78, 5) is 16.9. The van der Waals surface area contributed by atoms with Crippen LogP contribution >= 0.6 is 0 Å². The van der Waals surface area contributed by atoms with Gasteiger partial charge in [0.1, 0.15) is 0 Å². The highest BCUT2D eigenvalue weighted by atomic mass is 16.2. The molecule has 0 aromatic heterocycles. The quantitative estimate of drug-likeness (QED) is 0.853. The Balaban J connectivity index is 1.81. The third kappa shape index (κ3) is 5.13. The number of piperazine rings is 1. The molecule has 3 nitrogen and oxygen atoms in total. The molecular formula is C19H30N2O. The van der Waals surface area contributed by atoms with Gasteiger partial charge >= 0.3 is 0 Å². The van der Waals surface area contributed by atoms with Gasteiger partial charge in [0.2, 0.25) is 5.91 Å². The van der Waals surface area contributed by atoms with Crippen LogP contribution < -0.4 is 0 Å². The summed E-state index contributed by atoms with van der Waals surface area (Å²) in [6.07, 6.45) is 1.73. The summed E-state index contributed by atoms with van der Waals surface area (Å²) in [6, 6.07) is 11.1. The molecule has 0 saturated carbocycles. The summed E-state index contributed by atoms with van der Waals surface area (Å²) in [5, 5.41) is 0.